The van der Waals surface area contributed by atoms with Crippen molar-refractivity contribution in [2.45, 2.75) is 19.8 Å². The first kappa shape index (κ1) is 18.8. The standard InChI is InChI=1S/C21H24N2O4/c1-4-14-7-5-6-8-19(14)23-13-15(9-20(23)24)21(25)22-16-10-17(26-2)12-18(11-16)27-3/h5-8,10-12,15H,4,9,13H2,1-3H3,(H,22,25)/t15-/m0/s1. The van der Waals surface area contributed by atoms with Gasteiger partial charge in [-0.2, -0.15) is 0 Å². The van der Waals surface area contributed by atoms with Crippen LogP contribution in [0.5, 0.6) is 11.5 Å². The summed E-state index contributed by atoms with van der Waals surface area (Å²) in [5.41, 5.74) is 2.57. The number of rotatable bonds is 6. The van der Waals surface area contributed by atoms with Crippen LogP contribution in [-0.4, -0.2) is 32.6 Å². The number of carbonyl (C=O) groups excluding carboxylic acids is 2. The Morgan fingerprint density at radius 3 is 2.44 bits per heavy atom. The van der Waals surface area contributed by atoms with Crippen molar-refractivity contribution in [2.24, 2.45) is 5.92 Å². The van der Waals surface area contributed by atoms with Crippen LogP contribution in [0, 0.1) is 5.92 Å². The second-order valence-electron chi connectivity index (χ2n) is 6.48. The molecule has 0 aliphatic carbocycles. The molecule has 0 bridgehead atoms. The second kappa shape index (κ2) is 8.12. The molecule has 6 nitrogen and oxygen atoms in total. The van der Waals surface area contributed by atoms with E-state index in [1.165, 1.54) is 0 Å². The quantitative estimate of drug-likeness (QED) is 0.850. The molecule has 1 atom stereocenters. The van der Waals surface area contributed by atoms with Crippen LogP contribution >= 0.6 is 0 Å². The van der Waals surface area contributed by atoms with Crippen molar-refractivity contribution < 1.29 is 19.1 Å². The Kier molecular flexibility index (Phi) is 5.64. The van der Waals surface area contributed by atoms with Gasteiger partial charge in [0.05, 0.1) is 20.1 Å². The Bertz CT molecular complexity index is 828. The summed E-state index contributed by atoms with van der Waals surface area (Å²) in [4.78, 5) is 27.0. The molecule has 0 aromatic heterocycles. The smallest absolute Gasteiger partial charge is 0.229 e. The number of anilines is 2. The van der Waals surface area contributed by atoms with Gasteiger partial charge in [0, 0.05) is 42.5 Å². The van der Waals surface area contributed by atoms with Crippen LogP contribution in [-0.2, 0) is 16.0 Å². The maximum Gasteiger partial charge on any atom is 0.229 e. The molecule has 142 valence electrons. The lowest BCUT2D eigenvalue weighted by atomic mass is 10.1. The third kappa shape index (κ3) is 4.05. The molecule has 1 aliphatic rings. The summed E-state index contributed by atoms with van der Waals surface area (Å²) in [5, 5.41) is 2.88. The molecular formula is C21H24N2O4. The molecule has 2 aromatic rings. The molecule has 0 saturated carbocycles. The minimum absolute atomic E-state index is 0.0285. The summed E-state index contributed by atoms with van der Waals surface area (Å²) in [6, 6.07) is 13.0. The predicted molar refractivity (Wildman–Crippen MR) is 104 cm³/mol. The van der Waals surface area contributed by atoms with Crippen molar-refractivity contribution in [1.29, 1.82) is 0 Å². The number of benzene rings is 2. The zero-order valence-electron chi connectivity index (χ0n) is 15.8. The second-order valence-corrected chi connectivity index (χ2v) is 6.48. The highest BCUT2D eigenvalue weighted by atomic mass is 16.5. The molecule has 1 N–H and O–H groups in total. The van der Waals surface area contributed by atoms with Gasteiger partial charge in [0.15, 0.2) is 0 Å². The van der Waals surface area contributed by atoms with Gasteiger partial charge in [-0.1, -0.05) is 25.1 Å². The minimum atomic E-state index is -0.403. The molecule has 0 unspecified atom stereocenters. The summed E-state index contributed by atoms with van der Waals surface area (Å²) < 4.78 is 10.5. The number of amides is 2. The number of nitrogens with one attached hydrogen (secondary N) is 1. The predicted octanol–water partition coefficient (Wildman–Crippen LogP) is 3.26. The molecule has 27 heavy (non-hydrogen) atoms. The highest BCUT2D eigenvalue weighted by Crippen LogP contribution is 2.30. The van der Waals surface area contributed by atoms with Gasteiger partial charge in [-0.15, -0.1) is 0 Å². The molecule has 6 heteroatoms. The van der Waals surface area contributed by atoms with Gasteiger partial charge in [-0.3, -0.25) is 9.59 Å². The van der Waals surface area contributed by atoms with Crippen molar-refractivity contribution in [3.63, 3.8) is 0 Å². The first-order chi connectivity index (χ1) is 13.0. The summed E-state index contributed by atoms with van der Waals surface area (Å²) in [6.07, 6.45) is 1.03. The molecule has 1 aliphatic heterocycles. The Labute approximate surface area is 159 Å². The van der Waals surface area contributed by atoms with E-state index in [0.717, 1.165) is 17.7 Å². The summed E-state index contributed by atoms with van der Waals surface area (Å²) in [7, 11) is 3.11. The van der Waals surface area contributed by atoms with Crippen molar-refractivity contribution in [3.8, 4) is 11.5 Å². The van der Waals surface area contributed by atoms with Crippen LogP contribution in [0.3, 0.4) is 0 Å². The molecule has 1 saturated heterocycles. The SMILES string of the molecule is CCc1ccccc1N1C[C@@H](C(=O)Nc2cc(OC)cc(OC)c2)CC1=O. The summed E-state index contributed by atoms with van der Waals surface area (Å²) >= 11 is 0. The topological polar surface area (TPSA) is 67.9 Å². The minimum Gasteiger partial charge on any atom is -0.497 e. The third-order valence-electron chi connectivity index (χ3n) is 4.78. The normalized spacial score (nSPS) is 16.3. The Morgan fingerprint density at radius 2 is 1.81 bits per heavy atom. The number of hydrogen-bond donors (Lipinski definition) is 1. The van der Waals surface area contributed by atoms with Gasteiger partial charge < -0.3 is 19.7 Å². The summed E-state index contributed by atoms with van der Waals surface area (Å²) in [6.45, 7) is 2.43. The molecule has 1 heterocycles. The van der Waals surface area contributed by atoms with Gasteiger partial charge in [-0.05, 0) is 18.1 Å². The monoisotopic (exact) mass is 368 g/mol. The third-order valence-corrected chi connectivity index (χ3v) is 4.78. The van der Waals surface area contributed by atoms with Crippen LogP contribution in [0.1, 0.15) is 18.9 Å². The van der Waals surface area contributed by atoms with Gasteiger partial charge >= 0.3 is 0 Å². The highest BCUT2D eigenvalue weighted by Gasteiger charge is 2.35. The van der Waals surface area contributed by atoms with Gasteiger partial charge in [0.25, 0.3) is 0 Å². The highest BCUT2D eigenvalue weighted by molar-refractivity contribution is 6.04. The Hall–Kier alpha value is -3.02. The molecular weight excluding hydrogens is 344 g/mol. The van der Waals surface area contributed by atoms with Crippen molar-refractivity contribution in [3.05, 3.63) is 48.0 Å². The van der Waals surface area contributed by atoms with E-state index in [1.54, 1.807) is 37.3 Å². The molecule has 0 radical (unpaired) electrons. The van der Waals surface area contributed by atoms with E-state index < -0.39 is 5.92 Å². The first-order valence-corrected chi connectivity index (χ1v) is 8.98. The van der Waals surface area contributed by atoms with E-state index in [-0.39, 0.29) is 18.2 Å². The fraction of sp³-hybridized carbons (Fsp3) is 0.333. The van der Waals surface area contributed by atoms with Crippen LogP contribution in [0.2, 0.25) is 0 Å². The lowest BCUT2D eigenvalue weighted by Gasteiger charge is -2.20. The van der Waals surface area contributed by atoms with Crippen molar-refractivity contribution >= 4 is 23.2 Å². The largest absolute Gasteiger partial charge is 0.497 e. The number of methoxy groups -OCH3 is 2. The number of ether oxygens (including phenoxy) is 2. The Balaban J connectivity index is 1.74. The fourth-order valence-corrected chi connectivity index (χ4v) is 3.31. The van der Waals surface area contributed by atoms with Gasteiger partial charge in [0.2, 0.25) is 11.8 Å². The van der Waals surface area contributed by atoms with Crippen molar-refractivity contribution in [2.75, 3.05) is 31.0 Å². The number of carbonyl (C=O) groups is 2. The van der Waals surface area contributed by atoms with Gasteiger partial charge in [0.1, 0.15) is 11.5 Å². The van der Waals surface area contributed by atoms with Crippen LogP contribution in [0.25, 0.3) is 0 Å². The first-order valence-electron chi connectivity index (χ1n) is 8.98. The molecule has 3 rings (SSSR count). The lowest BCUT2D eigenvalue weighted by molar-refractivity contribution is -0.122. The fourth-order valence-electron chi connectivity index (χ4n) is 3.31. The maximum atomic E-state index is 12.7. The van der Waals surface area contributed by atoms with Crippen LogP contribution < -0.4 is 19.7 Å². The molecule has 0 spiro atoms. The van der Waals surface area contributed by atoms with Crippen molar-refractivity contribution in [1.82, 2.24) is 0 Å². The van der Waals surface area contributed by atoms with E-state index in [2.05, 4.69) is 12.2 Å². The van der Waals surface area contributed by atoms with E-state index in [1.807, 2.05) is 24.3 Å². The zero-order chi connectivity index (χ0) is 19.4. The van der Waals surface area contributed by atoms with E-state index >= 15 is 0 Å². The number of hydrogen-bond acceptors (Lipinski definition) is 4. The molecule has 1 fully saturated rings. The van der Waals surface area contributed by atoms with E-state index in [9.17, 15) is 9.59 Å². The van der Waals surface area contributed by atoms with Crippen LogP contribution in [0.4, 0.5) is 11.4 Å². The van der Waals surface area contributed by atoms with E-state index in [4.69, 9.17) is 9.47 Å². The average Bonchev–Trinajstić information content (AvgIpc) is 3.09. The Morgan fingerprint density at radius 1 is 1.15 bits per heavy atom. The number of nitrogens with zero attached hydrogens (tertiary/aromatic N) is 1. The van der Waals surface area contributed by atoms with Gasteiger partial charge in [-0.25, -0.2) is 0 Å². The lowest BCUT2D eigenvalue weighted by Crippen LogP contribution is -2.28. The maximum absolute atomic E-state index is 12.7. The molecule has 2 aromatic carbocycles. The van der Waals surface area contributed by atoms with E-state index in [0.29, 0.717) is 23.7 Å². The zero-order valence-corrected chi connectivity index (χ0v) is 15.8. The number of para-hydroxylation sites is 1. The molecule has 2 amide bonds. The van der Waals surface area contributed by atoms with Crippen LogP contribution in [0.15, 0.2) is 42.5 Å². The summed E-state index contributed by atoms with van der Waals surface area (Å²) in [5.74, 6) is 0.560. The number of aryl methyl sites for hydroxylation is 1. The average molecular weight is 368 g/mol.